The maximum Gasteiger partial charge on any atom is 0.260 e. The van der Waals surface area contributed by atoms with E-state index in [1.165, 1.54) is 0 Å². The van der Waals surface area contributed by atoms with E-state index in [9.17, 15) is 4.79 Å². The van der Waals surface area contributed by atoms with Gasteiger partial charge in [-0.15, -0.1) is 12.4 Å². The number of halogens is 1. The van der Waals surface area contributed by atoms with Crippen LogP contribution in [0.25, 0.3) is 0 Å². The SMILES string of the molecule is Cl.NCCCOC1CCN(C(=O)COc2ccc(OCc3ccccc3)cc2)CC1. The van der Waals surface area contributed by atoms with E-state index in [0.29, 0.717) is 38.6 Å². The molecule has 0 saturated carbocycles. The highest BCUT2D eigenvalue weighted by Gasteiger charge is 2.23. The minimum absolute atomic E-state index is 0. The van der Waals surface area contributed by atoms with Crippen LogP contribution in [0.4, 0.5) is 0 Å². The van der Waals surface area contributed by atoms with Gasteiger partial charge in [0.2, 0.25) is 0 Å². The molecule has 3 rings (SSSR count). The Bertz CT molecular complexity index is 735. The van der Waals surface area contributed by atoms with Crippen molar-refractivity contribution in [2.45, 2.75) is 32.0 Å². The van der Waals surface area contributed by atoms with Crippen LogP contribution < -0.4 is 15.2 Å². The number of piperidine rings is 1. The summed E-state index contributed by atoms with van der Waals surface area (Å²) in [5.41, 5.74) is 6.60. The number of carbonyl (C=O) groups is 1. The maximum absolute atomic E-state index is 12.4. The first kappa shape index (κ1) is 24.0. The Morgan fingerprint density at radius 1 is 0.967 bits per heavy atom. The molecule has 1 heterocycles. The van der Waals surface area contributed by atoms with Crippen LogP contribution in [0.1, 0.15) is 24.8 Å². The quantitative estimate of drug-likeness (QED) is 0.580. The molecule has 1 fully saturated rings. The predicted molar refractivity (Wildman–Crippen MR) is 119 cm³/mol. The number of nitrogens with two attached hydrogens (primary N) is 1. The summed E-state index contributed by atoms with van der Waals surface area (Å²) < 4.78 is 17.2. The molecule has 0 aromatic heterocycles. The van der Waals surface area contributed by atoms with Crippen LogP contribution in [0.3, 0.4) is 0 Å². The average molecular weight is 435 g/mol. The van der Waals surface area contributed by atoms with Crippen molar-refractivity contribution in [2.75, 3.05) is 32.8 Å². The van der Waals surface area contributed by atoms with Crippen molar-refractivity contribution in [2.24, 2.45) is 5.73 Å². The number of hydrogen-bond acceptors (Lipinski definition) is 5. The van der Waals surface area contributed by atoms with Crippen LogP contribution in [0.5, 0.6) is 11.5 Å². The highest BCUT2D eigenvalue weighted by Crippen LogP contribution is 2.19. The zero-order valence-electron chi connectivity index (χ0n) is 17.2. The van der Waals surface area contributed by atoms with Crippen molar-refractivity contribution in [1.29, 1.82) is 0 Å². The first-order valence-corrected chi connectivity index (χ1v) is 10.2. The lowest BCUT2D eigenvalue weighted by Crippen LogP contribution is -2.43. The Hall–Kier alpha value is -2.28. The molecule has 1 aliphatic rings. The van der Waals surface area contributed by atoms with Crippen molar-refractivity contribution >= 4 is 18.3 Å². The second-order valence-corrected chi connectivity index (χ2v) is 7.13. The van der Waals surface area contributed by atoms with Gasteiger partial charge >= 0.3 is 0 Å². The van der Waals surface area contributed by atoms with Gasteiger partial charge in [-0.25, -0.2) is 0 Å². The molecular weight excluding hydrogens is 404 g/mol. The second-order valence-electron chi connectivity index (χ2n) is 7.13. The Morgan fingerprint density at radius 2 is 1.60 bits per heavy atom. The predicted octanol–water partition coefficient (Wildman–Crippen LogP) is 3.42. The molecule has 0 spiro atoms. The van der Waals surface area contributed by atoms with Gasteiger partial charge in [-0.05, 0) is 55.6 Å². The minimum atomic E-state index is 0. The molecule has 164 valence electrons. The van der Waals surface area contributed by atoms with E-state index in [1.807, 2.05) is 59.5 Å². The van der Waals surface area contributed by atoms with E-state index in [0.717, 1.165) is 30.6 Å². The van der Waals surface area contributed by atoms with Crippen molar-refractivity contribution in [3.63, 3.8) is 0 Å². The van der Waals surface area contributed by atoms with Crippen LogP contribution in [0.15, 0.2) is 54.6 Å². The summed E-state index contributed by atoms with van der Waals surface area (Å²) in [6.45, 7) is 3.33. The van der Waals surface area contributed by atoms with E-state index < -0.39 is 0 Å². The standard InChI is InChI=1S/C23H30N2O4.ClH/c24-13-4-16-27-22-11-14-25(15-12-22)23(26)18-29-21-9-7-20(8-10-21)28-17-19-5-2-1-3-6-19;/h1-3,5-10,22H,4,11-18,24H2;1H. The summed E-state index contributed by atoms with van der Waals surface area (Å²) in [6, 6.07) is 17.4. The van der Waals surface area contributed by atoms with E-state index in [1.54, 1.807) is 0 Å². The van der Waals surface area contributed by atoms with Gasteiger partial charge in [-0.3, -0.25) is 4.79 Å². The third-order valence-corrected chi connectivity index (χ3v) is 4.93. The fourth-order valence-electron chi connectivity index (χ4n) is 3.21. The number of likely N-dealkylation sites (tertiary alicyclic amines) is 1. The monoisotopic (exact) mass is 434 g/mol. The molecular formula is C23H31ClN2O4. The number of nitrogens with zero attached hydrogens (tertiary/aromatic N) is 1. The molecule has 6 nitrogen and oxygen atoms in total. The lowest BCUT2D eigenvalue weighted by Gasteiger charge is -2.31. The number of amides is 1. The third-order valence-electron chi connectivity index (χ3n) is 4.93. The van der Waals surface area contributed by atoms with Crippen LogP contribution in [0.2, 0.25) is 0 Å². The van der Waals surface area contributed by atoms with Gasteiger partial charge < -0.3 is 24.8 Å². The number of benzene rings is 2. The summed E-state index contributed by atoms with van der Waals surface area (Å²) in [7, 11) is 0. The fraction of sp³-hybridized carbons (Fsp3) is 0.435. The van der Waals surface area contributed by atoms with Gasteiger partial charge in [0.15, 0.2) is 6.61 Å². The van der Waals surface area contributed by atoms with Gasteiger partial charge in [0.05, 0.1) is 6.10 Å². The fourth-order valence-corrected chi connectivity index (χ4v) is 3.21. The highest BCUT2D eigenvalue weighted by atomic mass is 35.5. The largest absolute Gasteiger partial charge is 0.489 e. The Morgan fingerprint density at radius 3 is 2.23 bits per heavy atom. The van der Waals surface area contributed by atoms with Crippen LogP contribution in [0, 0.1) is 0 Å². The number of hydrogen-bond donors (Lipinski definition) is 1. The van der Waals surface area contributed by atoms with Gasteiger partial charge in [0, 0.05) is 19.7 Å². The van der Waals surface area contributed by atoms with Crippen LogP contribution in [-0.2, 0) is 16.1 Å². The average Bonchev–Trinajstić information content (AvgIpc) is 2.78. The zero-order valence-corrected chi connectivity index (χ0v) is 18.0. The number of ether oxygens (including phenoxy) is 3. The van der Waals surface area contributed by atoms with E-state index >= 15 is 0 Å². The van der Waals surface area contributed by atoms with Gasteiger partial charge in [-0.1, -0.05) is 30.3 Å². The molecule has 2 aromatic carbocycles. The zero-order chi connectivity index (χ0) is 20.3. The molecule has 0 radical (unpaired) electrons. The summed E-state index contributed by atoms with van der Waals surface area (Å²) >= 11 is 0. The molecule has 30 heavy (non-hydrogen) atoms. The molecule has 0 unspecified atom stereocenters. The van der Waals surface area contributed by atoms with E-state index in [4.69, 9.17) is 19.9 Å². The molecule has 1 amide bonds. The second kappa shape index (κ2) is 13.1. The smallest absolute Gasteiger partial charge is 0.260 e. The number of rotatable bonds is 10. The molecule has 7 heteroatoms. The van der Waals surface area contributed by atoms with Crippen molar-refractivity contribution < 1.29 is 19.0 Å². The highest BCUT2D eigenvalue weighted by molar-refractivity contribution is 5.85. The maximum atomic E-state index is 12.4. The first-order valence-electron chi connectivity index (χ1n) is 10.2. The first-order chi connectivity index (χ1) is 14.2. The van der Waals surface area contributed by atoms with Crippen molar-refractivity contribution in [1.82, 2.24) is 4.90 Å². The molecule has 2 N–H and O–H groups in total. The molecule has 1 saturated heterocycles. The normalized spacial score (nSPS) is 14.1. The summed E-state index contributed by atoms with van der Waals surface area (Å²) in [5.74, 6) is 1.43. The molecule has 2 aromatic rings. The van der Waals surface area contributed by atoms with Gasteiger partial charge in [-0.2, -0.15) is 0 Å². The van der Waals surface area contributed by atoms with Crippen molar-refractivity contribution in [3.8, 4) is 11.5 Å². The van der Waals surface area contributed by atoms with E-state index in [2.05, 4.69) is 0 Å². The summed E-state index contributed by atoms with van der Waals surface area (Å²) in [6.07, 6.45) is 2.84. The lowest BCUT2D eigenvalue weighted by atomic mass is 10.1. The topological polar surface area (TPSA) is 74.0 Å². The Labute approximate surface area is 184 Å². The van der Waals surface area contributed by atoms with Crippen LogP contribution in [-0.4, -0.2) is 49.8 Å². The van der Waals surface area contributed by atoms with Crippen molar-refractivity contribution in [3.05, 3.63) is 60.2 Å². The molecule has 0 aliphatic carbocycles. The Balaban J connectivity index is 0.00000320. The Kier molecular flexibility index (Phi) is 10.5. The minimum Gasteiger partial charge on any atom is -0.489 e. The summed E-state index contributed by atoms with van der Waals surface area (Å²) in [5, 5.41) is 0. The summed E-state index contributed by atoms with van der Waals surface area (Å²) in [4.78, 5) is 14.2. The third kappa shape index (κ3) is 7.86. The van der Waals surface area contributed by atoms with Gasteiger partial charge in [0.25, 0.3) is 5.91 Å². The van der Waals surface area contributed by atoms with Crippen LogP contribution >= 0.6 is 12.4 Å². The van der Waals surface area contributed by atoms with E-state index in [-0.39, 0.29) is 31.0 Å². The molecule has 0 bridgehead atoms. The van der Waals surface area contributed by atoms with Gasteiger partial charge in [0.1, 0.15) is 18.1 Å². The molecule has 0 atom stereocenters. The lowest BCUT2D eigenvalue weighted by molar-refractivity contribution is -0.136. The molecule has 1 aliphatic heterocycles. The number of carbonyl (C=O) groups excluding carboxylic acids is 1.